The van der Waals surface area contributed by atoms with Gasteiger partial charge in [0.2, 0.25) is 5.91 Å². The van der Waals surface area contributed by atoms with Crippen LogP contribution in [-0.4, -0.2) is 49.6 Å². The van der Waals surface area contributed by atoms with E-state index in [0.717, 1.165) is 33.3 Å². The van der Waals surface area contributed by atoms with Crippen molar-refractivity contribution in [3.63, 3.8) is 0 Å². The van der Waals surface area contributed by atoms with E-state index in [4.69, 9.17) is 0 Å². The van der Waals surface area contributed by atoms with E-state index in [9.17, 15) is 4.79 Å². The van der Waals surface area contributed by atoms with Crippen LogP contribution in [0, 0.1) is 0 Å². The molecule has 0 bridgehead atoms. The molecule has 4 rings (SSSR count). The van der Waals surface area contributed by atoms with Crippen molar-refractivity contribution in [3.05, 3.63) is 61.4 Å². The zero-order valence-corrected chi connectivity index (χ0v) is 15.1. The molecule has 0 aliphatic carbocycles. The first-order chi connectivity index (χ1) is 13.1. The number of pyridine rings is 1. The van der Waals surface area contributed by atoms with Gasteiger partial charge in [0.15, 0.2) is 0 Å². The smallest absolute Gasteiger partial charge is 0.243 e. The molecule has 0 aliphatic heterocycles. The highest BCUT2D eigenvalue weighted by Gasteiger charge is 2.09. The molecule has 0 spiro atoms. The van der Waals surface area contributed by atoms with Crippen molar-refractivity contribution in [2.75, 3.05) is 14.1 Å². The zero-order valence-electron chi connectivity index (χ0n) is 15.1. The number of amides is 1. The summed E-state index contributed by atoms with van der Waals surface area (Å²) < 4.78 is 1.65. The fourth-order valence-corrected chi connectivity index (χ4v) is 2.83. The van der Waals surface area contributed by atoms with E-state index < -0.39 is 0 Å². The van der Waals surface area contributed by atoms with E-state index in [1.807, 2.05) is 30.5 Å². The molecule has 0 unspecified atom stereocenters. The minimum absolute atomic E-state index is 0.00423. The van der Waals surface area contributed by atoms with Crippen LogP contribution in [0.5, 0.6) is 0 Å². The van der Waals surface area contributed by atoms with Gasteiger partial charge in [-0.3, -0.25) is 24.4 Å². The van der Waals surface area contributed by atoms with E-state index in [1.165, 1.54) is 0 Å². The second-order valence-electron chi connectivity index (χ2n) is 6.40. The Morgan fingerprint density at radius 1 is 0.963 bits per heavy atom. The Kier molecular flexibility index (Phi) is 4.33. The van der Waals surface area contributed by atoms with E-state index in [1.54, 1.807) is 54.7 Å². The normalized spacial score (nSPS) is 10.9. The largest absolute Gasteiger partial charge is 0.347 e. The number of aromatic nitrogens is 5. The van der Waals surface area contributed by atoms with Gasteiger partial charge in [-0.25, -0.2) is 0 Å². The monoisotopic (exact) mass is 358 g/mol. The Bertz CT molecular complexity index is 1100. The molecule has 7 nitrogen and oxygen atoms in total. The lowest BCUT2D eigenvalue weighted by Crippen LogP contribution is -2.26. The van der Waals surface area contributed by atoms with Crippen molar-refractivity contribution < 1.29 is 4.79 Å². The number of benzene rings is 1. The Balaban J connectivity index is 1.61. The van der Waals surface area contributed by atoms with Gasteiger partial charge in [0.1, 0.15) is 12.1 Å². The Morgan fingerprint density at radius 2 is 1.70 bits per heavy atom. The predicted octanol–water partition coefficient (Wildman–Crippen LogP) is 2.64. The van der Waals surface area contributed by atoms with Crippen molar-refractivity contribution in [1.82, 2.24) is 29.6 Å². The number of hydrogen-bond acceptors (Lipinski definition) is 5. The summed E-state index contributed by atoms with van der Waals surface area (Å²) in [6.45, 7) is 0.228. The minimum atomic E-state index is 0.00423. The van der Waals surface area contributed by atoms with E-state index in [0.29, 0.717) is 0 Å². The van der Waals surface area contributed by atoms with Gasteiger partial charge < -0.3 is 4.90 Å². The minimum Gasteiger partial charge on any atom is -0.347 e. The average Bonchev–Trinajstić information content (AvgIpc) is 3.16. The lowest BCUT2D eigenvalue weighted by atomic mass is 10.0. The van der Waals surface area contributed by atoms with Crippen molar-refractivity contribution in [2.24, 2.45) is 0 Å². The van der Waals surface area contributed by atoms with E-state index in [2.05, 4.69) is 20.1 Å². The number of fused-ring (bicyclic) bond motifs is 1. The Hall–Kier alpha value is -3.61. The van der Waals surface area contributed by atoms with Crippen molar-refractivity contribution in [3.8, 4) is 22.3 Å². The third-order valence-corrected chi connectivity index (χ3v) is 4.34. The summed E-state index contributed by atoms with van der Waals surface area (Å²) in [5, 5.41) is 4.28. The van der Waals surface area contributed by atoms with Gasteiger partial charge in [-0.1, -0.05) is 24.3 Å². The van der Waals surface area contributed by atoms with Crippen LogP contribution in [0.3, 0.4) is 0 Å². The SMILES string of the molecule is CN(C)C(=O)Cn1cc(-c2ccc(-c3cncc4nccnc34)cc2)cn1. The molecule has 3 aromatic heterocycles. The summed E-state index contributed by atoms with van der Waals surface area (Å²) >= 11 is 0. The molecule has 0 atom stereocenters. The summed E-state index contributed by atoms with van der Waals surface area (Å²) in [6, 6.07) is 8.12. The summed E-state index contributed by atoms with van der Waals surface area (Å²) in [6.07, 6.45) is 10.5. The van der Waals surface area contributed by atoms with Gasteiger partial charge in [0.25, 0.3) is 0 Å². The topological polar surface area (TPSA) is 76.8 Å². The highest BCUT2D eigenvalue weighted by molar-refractivity contribution is 5.90. The van der Waals surface area contributed by atoms with Gasteiger partial charge in [-0.2, -0.15) is 5.10 Å². The fraction of sp³-hybridized carbons (Fsp3) is 0.150. The number of nitrogens with zero attached hydrogens (tertiary/aromatic N) is 6. The predicted molar refractivity (Wildman–Crippen MR) is 103 cm³/mol. The zero-order chi connectivity index (χ0) is 18.8. The standard InChI is InChI=1S/C20H18N6O/c1-25(2)19(27)13-26-12-16(9-24-26)14-3-5-15(6-4-14)17-10-21-11-18-20(17)23-8-7-22-18/h3-12H,13H2,1-2H3. The molecule has 134 valence electrons. The maximum atomic E-state index is 11.8. The average molecular weight is 358 g/mol. The third-order valence-electron chi connectivity index (χ3n) is 4.34. The van der Waals surface area contributed by atoms with Crippen LogP contribution in [0.2, 0.25) is 0 Å². The van der Waals surface area contributed by atoms with Crippen LogP contribution in [0.4, 0.5) is 0 Å². The molecule has 27 heavy (non-hydrogen) atoms. The van der Waals surface area contributed by atoms with Crippen molar-refractivity contribution >= 4 is 16.9 Å². The van der Waals surface area contributed by atoms with E-state index >= 15 is 0 Å². The second kappa shape index (κ2) is 6.95. The van der Waals surface area contributed by atoms with Gasteiger partial charge in [-0.05, 0) is 11.1 Å². The quantitative estimate of drug-likeness (QED) is 0.560. The molecular formula is C20H18N6O. The summed E-state index contributed by atoms with van der Waals surface area (Å²) in [4.78, 5) is 26.4. The molecule has 7 heteroatoms. The van der Waals surface area contributed by atoms with Gasteiger partial charge in [-0.15, -0.1) is 0 Å². The van der Waals surface area contributed by atoms with Crippen LogP contribution < -0.4 is 0 Å². The second-order valence-corrected chi connectivity index (χ2v) is 6.40. The highest BCUT2D eigenvalue weighted by Crippen LogP contribution is 2.27. The lowest BCUT2D eigenvalue weighted by Gasteiger charge is -2.09. The fourth-order valence-electron chi connectivity index (χ4n) is 2.83. The third kappa shape index (κ3) is 3.39. The molecule has 4 aromatic rings. The highest BCUT2D eigenvalue weighted by atomic mass is 16.2. The summed E-state index contributed by atoms with van der Waals surface area (Å²) in [5.41, 5.74) is 5.55. The van der Waals surface area contributed by atoms with Crippen LogP contribution in [-0.2, 0) is 11.3 Å². The first kappa shape index (κ1) is 16.8. The Labute approximate surface area is 156 Å². The van der Waals surface area contributed by atoms with Crippen molar-refractivity contribution in [1.29, 1.82) is 0 Å². The molecule has 0 saturated heterocycles. The Morgan fingerprint density at radius 3 is 2.48 bits per heavy atom. The maximum absolute atomic E-state index is 11.8. The molecular weight excluding hydrogens is 340 g/mol. The first-order valence-corrected chi connectivity index (χ1v) is 8.50. The summed E-state index contributed by atoms with van der Waals surface area (Å²) in [7, 11) is 3.47. The number of rotatable bonds is 4. The molecule has 3 heterocycles. The number of carbonyl (C=O) groups excluding carboxylic acids is 1. The molecule has 0 aliphatic rings. The van der Waals surface area contributed by atoms with Crippen LogP contribution >= 0.6 is 0 Å². The van der Waals surface area contributed by atoms with Crippen molar-refractivity contribution in [2.45, 2.75) is 6.54 Å². The lowest BCUT2D eigenvalue weighted by molar-refractivity contribution is -0.129. The first-order valence-electron chi connectivity index (χ1n) is 8.50. The van der Waals surface area contributed by atoms with Crippen LogP contribution in [0.1, 0.15) is 0 Å². The molecule has 1 amide bonds. The molecule has 0 N–H and O–H groups in total. The van der Waals surface area contributed by atoms with Gasteiger partial charge in [0, 0.05) is 50.0 Å². The summed E-state index contributed by atoms with van der Waals surface area (Å²) in [5.74, 6) is 0.00423. The number of likely N-dealkylation sites (N-methyl/N-ethyl adjacent to an activating group) is 1. The molecule has 0 fully saturated rings. The van der Waals surface area contributed by atoms with Gasteiger partial charge >= 0.3 is 0 Å². The van der Waals surface area contributed by atoms with E-state index in [-0.39, 0.29) is 12.5 Å². The number of hydrogen-bond donors (Lipinski definition) is 0. The molecule has 0 radical (unpaired) electrons. The van der Waals surface area contributed by atoms with Gasteiger partial charge in [0.05, 0.1) is 17.9 Å². The van der Waals surface area contributed by atoms with Crippen LogP contribution in [0.15, 0.2) is 61.4 Å². The molecule has 1 aromatic carbocycles. The van der Waals surface area contributed by atoms with Crippen LogP contribution in [0.25, 0.3) is 33.3 Å². The molecule has 0 saturated carbocycles. The maximum Gasteiger partial charge on any atom is 0.243 e. The number of carbonyl (C=O) groups is 1.